The molecule has 0 spiro atoms. The van der Waals surface area contributed by atoms with Crippen molar-refractivity contribution in [2.75, 3.05) is 0 Å². The topological polar surface area (TPSA) is 20.2 Å². The normalized spacial score (nSPS) is 13.3. The molecule has 1 nitrogen and oxygen atoms in total. The van der Waals surface area contributed by atoms with Gasteiger partial charge in [-0.05, 0) is 24.8 Å². The van der Waals surface area contributed by atoms with Crippen molar-refractivity contribution in [3.8, 4) is 0 Å². The largest absolute Gasteiger partial charge is 0.393 e. The summed E-state index contributed by atoms with van der Waals surface area (Å²) in [6.07, 6.45) is 0.543. The highest BCUT2D eigenvalue weighted by Crippen LogP contribution is 2.11. The van der Waals surface area contributed by atoms with Crippen molar-refractivity contribution in [2.24, 2.45) is 5.92 Å². The molecule has 0 heterocycles. The lowest BCUT2D eigenvalue weighted by atomic mass is 9.98. The molecule has 0 amide bonds. The molecule has 1 rings (SSSR count). The van der Waals surface area contributed by atoms with E-state index in [0.29, 0.717) is 5.92 Å². The highest BCUT2D eigenvalue weighted by molar-refractivity contribution is 5.22. The molecule has 0 saturated carbocycles. The molecule has 0 aliphatic rings. The highest BCUT2D eigenvalue weighted by atomic mass is 16.3. The van der Waals surface area contributed by atoms with E-state index in [1.807, 2.05) is 19.9 Å². The Morgan fingerprint density at radius 3 is 2.54 bits per heavy atom. The minimum atomic E-state index is -0.221. The van der Waals surface area contributed by atoms with Crippen molar-refractivity contribution in [3.63, 3.8) is 0 Å². The molecule has 1 unspecified atom stereocenters. The minimum absolute atomic E-state index is 0.221. The van der Waals surface area contributed by atoms with Crippen LogP contribution < -0.4 is 0 Å². The summed E-state index contributed by atoms with van der Waals surface area (Å²) in [5.41, 5.74) is 2.48. The van der Waals surface area contributed by atoms with Gasteiger partial charge in [0.05, 0.1) is 6.10 Å². The van der Waals surface area contributed by atoms with Crippen LogP contribution in [0.3, 0.4) is 0 Å². The van der Waals surface area contributed by atoms with Gasteiger partial charge in [-0.3, -0.25) is 0 Å². The van der Waals surface area contributed by atoms with E-state index >= 15 is 0 Å². The van der Waals surface area contributed by atoms with E-state index in [1.54, 1.807) is 0 Å². The first-order valence-corrected chi connectivity index (χ1v) is 4.83. The van der Waals surface area contributed by atoms with Gasteiger partial charge in [-0.25, -0.2) is 0 Å². The van der Waals surface area contributed by atoms with Gasteiger partial charge in [0.2, 0.25) is 0 Å². The fraction of sp³-hybridized carbons (Fsp3) is 0.500. The average Bonchev–Trinajstić information content (AvgIpc) is 2.04. The third-order valence-electron chi connectivity index (χ3n) is 2.30. The predicted molar refractivity (Wildman–Crippen MR) is 55.7 cm³/mol. The molecule has 1 aromatic rings. The number of benzene rings is 1. The molecule has 1 N–H and O–H groups in total. The fourth-order valence-corrected chi connectivity index (χ4v) is 1.32. The second kappa shape index (κ2) is 4.43. The van der Waals surface area contributed by atoms with E-state index in [-0.39, 0.29) is 6.10 Å². The Labute approximate surface area is 80.4 Å². The van der Waals surface area contributed by atoms with Crippen LogP contribution in [0.4, 0.5) is 0 Å². The van der Waals surface area contributed by atoms with Crippen molar-refractivity contribution < 1.29 is 5.11 Å². The Bertz CT molecular complexity index is 266. The van der Waals surface area contributed by atoms with Crippen LogP contribution in [-0.2, 0) is 6.42 Å². The summed E-state index contributed by atoms with van der Waals surface area (Å²) in [7, 11) is 0. The number of rotatable bonds is 3. The van der Waals surface area contributed by atoms with E-state index in [1.165, 1.54) is 11.1 Å². The standard InChI is InChI=1S/C12H18O/c1-9(2)12(13)8-11-6-4-5-10(3)7-11/h4-7,9,12-13H,8H2,1-3H3. The lowest BCUT2D eigenvalue weighted by molar-refractivity contribution is 0.125. The maximum Gasteiger partial charge on any atom is 0.0603 e. The smallest absolute Gasteiger partial charge is 0.0603 e. The average molecular weight is 178 g/mol. The van der Waals surface area contributed by atoms with E-state index in [9.17, 15) is 5.11 Å². The van der Waals surface area contributed by atoms with Gasteiger partial charge in [-0.1, -0.05) is 43.7 Å². The molecule has 0 fully saturated rings. The van der Waals surface area contributed by atoms with Gasteiger partial charge >= 0.3 is 0 Å². The summed E-state index contributed by atoms with van der Waals surface area (Å²) in [6.45, 7) is 6.16. The molecule has 0 saturated heterocycles. The fourth-order valence-electron chi connectivity index (χ4n) is 1.32. The third-order valence-corrected chi connectivity index (χ3v) is 2.30. The van der Waals surface area contributed by atoms with Gasteiger partial charge in [0.1, 0.15) is 0 Å². The zero-order chi connectivity index (χ0) is 9.84. The van der Waals surface area contributed by atoms with Crippen LogP contribution in [0.25, 0.3) is 0 Å². The van der Waals surface area contributed by atoms with Gasteiger partial charge in [0.25, 0.3) is 0 Å². The van der Waals surface area contributed by atoms with Crippen LogP contribution in [0.2, 0.25) is 0 Å². The summed E-state index contributed by atoms with van der Waals surface area (Å²) in [5, 5.41) is 9.67. The van der Waals surface area contributed by atoms with Crippen LogP contribution in [0, 0.1) is 12.8 Å². The zero-order valence-corrected chi connectivity index (χ0v) is 8.62. The second-order valence-corrected chi connectivity index (χ2v) is 4.00. The van der Waals surface area contributed by atoms with E-state index in [2.05, 4.69) is 25.1 Å². The molecule has 1 aromatic carbocycles. The first-order chi connectivity index (χ1) is 6.09. The van der Waals surface area contributed by atoms with Gasteiger partial charge < -0.3 is 5.11 Å². The Morgan fingerprint density at radius 2 is 2.00 bits per heavy atom. The van der Waals surface area contributed by atoms with E-state index < -0.39 is 0 Å². The first kappa shape index (κ1) is 10.3. The SMILES string of the molecule is Cc1cccc(CC(O)C(C)C)c1. The molecule has 0 bridgehead atoms. The molecule has 72 valence electrons. The Morgan fingerprint density at radius 1 is 1.31 bits per heavy atom. The van der Waals surface area contributed by atoms with Crippen molar-refractivity contribution in [2.45, 2.75) is 33.3 Å². The first-order valence-electron chi connectivity index (χ1n) is 4.83. The van der Waals surface area contributed by atoms with E-state index in [0.717, 1.165) is 6.42 Å². The number of aryl methyl sites for hydroxylation is 1. The van der Waals surface area contributed by atoms with Crippen LogP contribution in [0.5, 0.6) is 0 Å². The van der Waals surface area contributed by atoms with Gasteiger partial charge in [-0.15, -0.1) is 0 Å². The molecule has 13 heavy (non-hydrogen) atoms. The number of aliphatic hydroxyl groups is 1. The summed E-state index contributed by atoms with van der Waals surface area (Å²) >= 11 is 0. The molecular formula is C12H18O. The molecule has 0 aliphatic carbocycles. The van der Waals surface area contributed by atoms with Gasteiger partial charge in [0.15, 0.2) is 0 Å². The minimum Gasteiger partial charge on any atom is -0.393 e. The summed E-state index contributed by atoms with van der Waals surface area (Å²) in [5.74, 6) is 0.334. The van der Waals surface area contributed by atoms with Gasteiger partial charge in [0, 0.05) is 0 Å². The van der Waals surface area contributed by atoms with Crippen molar-refractivity contribution >= 4 is 0 Å². The van der Waals surface area contributed by atoms with Crippen molar-refractivity contribution in [1.82, 2.24) is 0 Å². The molecule has 0 aliphatic heterocycles. The Kier molecular flexibility index (Phi) is 3.49. The molecular weight excluding hydrogens is 160 g/mol. The van der Waals surface area contributed by atoms with Crippen molar-refractivity contribution in [3.05, 3.63) is 35.4 Å². The van der Waals surface area contributed by atoms with Crippen LogP contribution in [-0.4, -0.2) is 11.2 Å². The molecule has 0 aromatic heterocycles. The maximum absolute atomic E-state index is 9.67. The maximum atomic E-state index is 9.67. The predicted octanol–water partition coefficient (Wildman–Crippen LogP) is 2.55. The molecule has 0 radical (unpaired) electrons. The zero-order valence-electron chi connectivity index (χ0n) is 8.62. The lowest BCUT2D eigenvalue weighted by Crippen LogP contribution is -2.17. The van der Waals surface area contributed by atoms with Crippen LogP contribution in [0.15, 0.2) is 24.3 Å². The summed E-state index contributed by atoms with van der Waals surface area (Å²) in [6, 6.07) is 8.31. The Hall–Kier alpha value is -0.820. The van der Waals surface area contributed by atoms with Crippen LogP contribution >= 0.6 is 0 Å². The lowest BCUT2D eigenvalue weighted by Gasteiger charge is -2.14. The highest BCUT2D eigenvalue weighted by Gasteiger charge is 2.09. The third kappa shape index (κ3) is 3.19. The Balaban J connectivity index is 2.64. The number of hydrogen-bond acceptors (Lipinski definition) is 1. The second-order valence-electron chi connectivity index (χ2n) is 4.00. The van der Waals surface area contributed by atoms with Crippen LogP contribution in [0.1, 0.15) is 25.0 Å². The van der Waals surface area contributed by atoms with E-state index in [4.69, 9.17) is 0 Å². The number of hydrogen-bond donors (Lipinski definition) is 1. The summed E-state index contributed by atoms with van der Waals surface area (Å²) < 4.78 is 0. The monoisotopic (exact) mass is 178 g/mol. The quantitative estimate of drug-likeness (QED) is 0.754. The number of aliphatic hydroxyl groups excluding tert-OH is 1. The van der Waals surface area contributed by atoms with Crippen molar-refractivity contribution in [1.29, 1.82) is 0 Å². The summed E-state index contributed by atoms with van der Waals surface area (Å²) in [4.78, 5) is 0. The molecule has 1 atom stereocenters. The molecule has 1 heteroatoms. The van der Waals surface area contributed by atoms with Gasteiger partial charge in [-0.2, -0.15) is 0 Å².